The fourth-order valence-corrected chi connectivity index (χ4v) is 7.53. The van der Waals surface area contributed by atoms with Gasteiger partial charge in [0, 0.05) is 25.7 Å². The van der Waals surface area contributed by atoms with E-state index in [0.717, 1.165) is 0 Å². The minimum Gasteiger partial charge on any atom is -0.481 e. The van der Waals surface area contributed by atoms with E-state index in [1.54, 1.807) is 71.9 Å². The van der Waals surface area contributed by atoms with Crippen LogP contribution in [0.4, 0.5) is 0 Å². The Morgan fingerprint density at radius 3 is 1.29 bits per heavy atom. The van der Waals surface area contributed by atoms with Crippen LogP contribution in [0.3, 0.4) is 0 Å². The van der Waals surface area contributed by atoms with E-state index in [-0.39, 0.29) is 37.5 Å². The van der Waals surface area contributed by atoms with Crippen LogP contribution < -0.4 is 54.0 Å². The molecule has 1 aromatic rings. The summed E-state index contributed by atoms with van der Waals surface area (Å²) < 4.78 is 0. The number of carbonyl (C=O) groups is 12. The number of carboxylic acids is 4. The number of carboxylic acid groups (broad SMARTS) is 4. The molecule has 8 amide bonds. The summed E-state index contributed by atoms with van der Waals surface area (Å²) in [7, 11) is 0. The van der Waals surface area contributed by atoms with Crippen molar-refractivity contribution in [3.63, 3.8) is 0 Å². The molecule has 0 heterocycles. The molecule has 0 fully saturated rings. The maximum absolute atomic E-state index is 14.2. The van der Waals surface area contributed by atoms with E-state index in [1.807, 2.05) is 0 Å². The zero-order valence-corrected chi connectivity index (χ0v) is 44.3. The van der Waals surface area contributed by atoms with Crippen molar-refractivity contribution in [3.8, 4) is 0 Å². The van der Waals surface area contributed by atoms with E-state index in [4.69, 9.17) is 11.5 Å². The molecule has 9 atom stereocenters. The number of hydrogen-bond acceptors (Lipinski definition) is 14. The van der Waals surface area contributed by atoms with Crippen molar-refractivity contribution in [1.82, 2.24) is 42.5 Å². The first kappa shape index (κ1) is 66.8. The molecule has 76 heavy (non-hydrogen) atoms. The van der Waals surface area contributed by atoms with Gasteiger partial charge in [0.05, 0.1) is 6.04 Å². The maximum atomic E-state index is 14.2. The first-order valence-corrected chi connectivity index (χ1v) is 25.4. The first-order valence-electron chi connectivity index (χ1n) is 25.4. The fourth-order valence-electron chi connectivity index (χ4n) is 7.53. The Kier molecular flexibility index (Phi) is 30.2. The molecule has 0 aromatic heterocycles. The lowest BCUT2D eigenvalue weighted by Crippen LogP contribution is -2.60. The summed E-state index contributed by atoms with van der Waals surface area (Å²) in [5.74, 6) is -13.9. The Labute approximate surface area is 442 Å². The van der Waals surface area contributed by atoms with Gasteiger partial charge in [-0.1, -0.05) is 78.3 Å². The molecular weight excluding hydrogens is 997 g/mol. The summed E-state index contributed by atoms with van der Waals surface area (Å²) in [4.78, 5) is 156. The maximum Gasteiger partial charge on any atom is 0.326 e. The molecule has 426 valence electrons. The summed E-state index contributed by atoms with van der Waals surface area (Å²) in [5.41, 5.74) is 12.0. The molecule has 0 bridgehead atoms. The van der Waals surface area contributed by atoms with Gasteiger partial charge in [0.25, 0.3) is 0 Å². The Bertz CT molecular complexity index is 2140. The number of rotatable bonds is 37. The van der Waals surface area contributed by atoms with Crippen LogP contribution in [0, 0.1) is 17.8 Å². The number of benzene rings is 1. The van der Waals surface area contributed by atoms with Crippen molar-refractivity contribution in [2.24, 2.45) is 29.2 Å². The van der Waals surface area contributed by atoms with E-state index in [1.165, 1.54) is 6.92 Å². The van der Waals surface area contributed by atoms with Crippen molar-refractivity contribution in [2.75, 3.05) is 6.54 Å². The van der Waals surface area contributed by atoms with Gasteiger partial charge in [-0.25, -0.2) is 4.79 Å². The quantitative estimate of drug-likeness (QED) is 0.0356. The van der Waals surface area contributed by atoms with Gasteiger partial charge in [-0.2, -0.15) is 0 Å². The van der Waals surface area contributed by atoms with Gasteiger partial charge in [0.2, 0.25) is 47.3 Å². The molecule has 0 aliphatic rings. The lowest BCUT2D eigenvalue weighted by molar-refractivity contribution is -0.143. The van der Waals surface area contributed by atoms with Crippen LogP contribution in [-0.2, 0) is 64.0 Å². The minimum atomic E-state index is -1.71. The van der Waals surface area contributed by atoms with Gasteiger partial charge in [0.15, 0.2) is 0 Å². The molecule has 0 aliphatic heterocycles. The standard InChI is InChI=1S/C50H80N10O16/c1-26(2)23-35(47(72)59-37(50(75)76)24-27(3)4)57-46(71)34(18-21-40(65)66)55-48(73)36(25-30-13-9-8-10-14-30)58-45(70)33(17-20-39(63)64)54-42(67)29(7)53-44(69)32(16-19-38(61)62)56-49(74)41(28(5)6)60-43(68)31(52)15-11-12-22-51/h8-10,13-14,26-29,31-37,41H,11-12,15-25,51-52H2,1-7H3,(H,53,69)(H,54,67)(H,55,73)(H,56,74)(H,57,71)(H,58,70)(H,59,72)(H,60,68)(H,61,62)(H,63,64)(H,65,66)(H,75,76)/t29-,31-,32-,33-,34-,35-,36-,37-,41-/m0/s1. The van der Waals surface area contributed by atoms with E-state index in [2.05, 4.69) is 42.5 Å². The monoisotopic (exact) mass is 1080 g/mol. The van der Waals surface area contributed by atoms with Crippen molar-refractivity contribution in [2.45, 2.75) is 180 Å². The zero-order chi connectivity index (χ0) is 57.8. The second kappa shape index (κ2) is 34.4. The summed E-state index contributed by atoms with van der Waals surface area (Å²) in [6, 6.07) is -4.78. The molecular formula is C50H80N10O16. The largest absolute Gasteiger partial charge is 0.481 e. The first-order chi connectivity index (χ1) is 35.6. The average Bonchev–Trinajstić information content (AvgIpc) is 3.33. The highest BCUT2D eigenvalue weighted by molar-refractivity contribution is 5.98. The van der Waals surface area contributed by atoms with Gasteiger partial charge >= 0.3 is 23.9 Å². The molecule has 0 saturated heterocycles. The Balaban J connectivity index is 3.50. The van der Waals surface area contributed by atoms with Crippen LogP contribution in [0.15, 0.2) is 30.3 Å². The molecule has 1 aromatic carbocycles. The van der Waals surface area contributed by atoms with Crippen LogP contribution in [0.25, 0.3) is 0 Å². The Morgan fingerprint density at radius 1 is 0.447 bits per heavy atom. The summed E-state index contributed by atoms with van der Waals surface area (Å²) >= 11 is 0. The van der Waals surface area contributed by atoms with Crippen LogP contribution in [0.5, 0.6) is 0 Å². The third-order valence-electron chi connectivity index (χ3n) is 11.7. The highest BCUT2D eigenvalue weighted by atomic mass is 16.4. The molecule has 26 heteroatoms. The van der Waals surface area contributed by atoms with E-state index < -0.39 is 170 Å². The number of carbonyl (C=O) groups excluding carboxylic acids is 8. The van der Waals surface area contributed by atoms with Gasteiger partial charge in [-0.3, -0.25) is 52.7 Å². The van der Waals surface area contributed by atoms with Crippen molar-refractivity contribution in [3.05, 3.63) is 35.9 Å². The average molecular weight is 1080 g/mol. The van der Waals surface area contributed by atoms with Crippen LogP contribution in [0.2, 0.25) is 0 Å². The molecule has 0 saturated carbocycles. The Morgan fingerprint density at radius 2 is 0.842 bits per heavy atom. The third-order valence-corrected chi connectivity index (χ3v) is 11.7. The fraction of sp³-hybridized carbons (Fsp3) is 0.640. The lowest BCUT2D eigenvalue weighted by Gasteiger charge is -2.28. The summed E-state index contributed by atoms with van der Waals surface area (Å²) in [5, 5.41) is 57.8. The third kappa shape index (κ3) is 26.3. The number of unbranched alkanes of at least 4 members (excludes halogenated alkanes) is 1. The molecule has 0 spiro atoms. The predicted molar refractivity (Wildman–Crippen MR) is 274 cm³/mol. The zero-order valence-electron chi connectivity index (χ0n) is 44.3. The highest BCUT2D eigenvalue weighted by Crippen LogP contribution is 2.13. The summed E-state index contributed by atoms with van der Waals surface area (Å²) in [6.07, 6.45) is -2.26. The van der Waals surface area contributed by atoms with E-state index in [9.17, 15) is 78.0 Å². The SMILES string of the molecule is CC(C)C[C@H](NC(=O)[C@H](CC(C)C)NC(=O)[C@H](CCC(=O)O)NC(=O)[C@H](Cc1ccccc1)NC(=O)[C@H](CCC(=O)O)NC(=O)[C@H](C)NC(=O)[C@H](CCC(=O)O)NC(=O)[C@@H](NC(=O)[C@@H](N)CCCCN)C(C)C)C(=O)O. The van der Waals surface area contributed by atoms with Crippen molar-refractivity contribution < 1.29 is 78.0 Å². The normalized spacial score (nSPS) is 14.7. The summed E-state index contributed by atoms with van der Waals surface area (Å²) in [6.45, 7) is 11.8. The second-order valence-corrected chi connectivity index (χ2v) is 19.8. The predicted octanol–water partition coefficient (Wildman–Crippen LogP) is -0.989. The smallest absolute Gasteiger partial charge is 0.326 e. The number of amides is 8. The van der Waals surface area contributed by atoms with E-state index >= 15 is 0 Å². The topological polar surface area (TPSA) is 434 Å². The molecule has 0 unspecified atom stereocenters. The number of nitrogens with one attached hydrogen (secondary N) is 8. The van der Waals surface area contributed by atoms with Gasteiger partial charge in [0.1, 0.15) is 48.3 Å². The van der Waals surface area contributed by atoms with Gasteiger partial charge < -0.3 is 74.4 Å². The highest BCUT2D eigenvalue weighted by Gasteiger charge is 2.36. The van der Waals surface area contributed by atoms with Gasteiger partial charge in [-0.05, 0) is 81.7 Å². The van der Waals surface area contributed by atoms with Crippen molar-refractivity contribution in [1.29, 1.82) is 0 Å². The second-order valence-electron chi connectivity index (χ2n) is 19.8. The van der Waals surface area contributed by atoms with Crippen LogP contribution >= 0.6 is 0 Å². The molecule has 1 rings (SSSR count). The minimum absolute atomic E-state index is 0.0117. The Hall–Kier alpha value is -7.22. The van der Waals surface area contributed by atoms with Gasteiger partial charge in [-0.15, -0.1) is 0 Å². The van der Waals surface area contributed by atoms with Crippen LogP contribution in [-0.4, -0.2) is 152 Å². The number of nitrogens with two attached hydrogens (primary N) is 2. The molecule has 16 N–H and O–H groups in total. The number of aliphatic carboxylic acids is 4. The van der Waals surface area contributed by atoms with E-state index in [0.29, 0.717) is 24.9 Å². The molecule has 26 nitrogen and oxygen atoms in total. The molecule has 0 radical (unpaired) electrons. The molecule has 0 aliphatic carbocycles. The lowest BCUT2D eigenvalue weighted by atomic mass is 9.99. The van der Waals surface area contributed by atoms with Crippen LogP contribution in [0.1, 0.15) is 125 Å². The number of hydrogen-bond donors (Lipinski definition) is 14. The van der Waals surface area contributed by atoms with Crippen molar-refractivity contribution >= 4 is 71.1 Å².